The van der Waals surface area contributed by atoms with Crippen LogP contribution in [-0.4, -0.2) is 40.3 Å². The zero-order valence-electron chi connectivity index (χ0n) is 14.7. The number of ether oxygens (including phenoxy) is 1. The molecule has 2 rings (SSSR count). The molecule has 1 aliphatic rings. The van der Waals surface area contributed by atoms with Crippen LogP contribution in [0.1, 0.15) is 44.7 Å². The van der Waals surface area contributed by atoms with Crippen molar-refractivity contribution in [2.75, 3.05) is 6.54 Å². The number of hydrogen-bond donors (Lipinski definition) is 1. The summed E-state index contributed by atoms with van der Waals surface area (Å²) in [6.45, 7) is 7.96. The van der Waals surface area contributed by atoms with Gasteiger partial charge in [-0.2, -0.15) is 0 Å². The molecule has 5 heteroatoms. The van der Waals surface area contributed by atoms with Crippen LogP contribution >= 0.6 is 0 Å². The number of carboxylic acids is 1. The van der Waals surface area contributed by atoms with Gasteiger partial charge in [-0.05, 0) is 52.2 Å². The number of aryl methyl sites for hydroxylation is 1. The van der Waals surface area contributed by atoms with Gasteiger partial charge in [0.15, 0.2) is 0 Å². The maximum absolute atomic E-state index is 12.3. The third-order valence-electron chi connectivity index (χ3n) is 3.85. The third-order valence-corrected chi connectivity index (χ3v) is 3.85. The highest BCUT2D eigenvalue weighted by atomic mass is 16.6. The van der Waals surface area contributed by atoms with Crippen molar-refractivity contribution >= 4 is 17.6 Å². The molecule has 1 saturated heterocycles. The van der Waals surface area contributed by atoms with Gasteiger partial charge in [-0.15, -0.1) is 0 Å². The van der Waals surface area contributed by atoms with Crippen molar-refractivity contribution in [3.8, 4) is 0 Å². The number of hydrogen-bond acceptors (Lipinski definition) is 3. The highest BCUT2D eigenvalue weighted by molar-refractivity contribution is 6.15. The van der Waals surface area contributed by atoms with Gasteiger partial charge in [-0.3, -0.25) is 0 Å². The molecule has 0 bridgehead atoms. The number of nitrogens with zero attached hydrogens (tertiary/aromatic N) is 1. The lowest BCUT2D eigenvalue weighted by Crippen LogP contribution is -2.39. The molecular weight excluding hydrogens is 306 g/mol. The van der Waals surface area contributed by atoms with E-state index in [0.717, 1.165) is 18.4 Å². The van der Waals surface area contributed by atoms with Crippen molar-refractivity contribution in [3.05, 3.63) is 41.5 Å². The lowest BCUT2D eigenvalue weighted by atomic mass is 10.0. The van der Waals surface area contributed by atoms with Crippen LogP contribution in [-0.2, 0) is 9.53 Å². The van der Waals surface area contributed by atoms with E-state index in [1.807, 2.05) is 45.9 Å². The summed E-state index contributed by atoms with van der Waals surface area (Å²) in [7, 11) is 0. The Hall–Kier alpha value is -2.30. The van der Waals surface area contributed by atoms with E-state index in [9.17, 15) is 14.7 Å². The standard InChI is InChI=1S/C19H25NO4/c1-13-7-5-8-14(11-13)16(17(21)22)12-15-9-6-10-20(15)18(23)24-19(2,3)4/h5,7-8,11-12,15H,6,9-10H2,1-4H3,(H,21,22)/b16-12-. The molecule has 1 atom stereocenters. The predicted molar refractivity (Wildman–Crippen MR) is 92.8 cm³/mol. The number of carbonyl (C=O) groups excluding carboxylic acids is 1. The first-order valence-corrected chi connectivity index (χ1v) is 8.19. The van der Waals surface area contributed by atoms with Crippen LogP contribution in [0.4, 0.5) is 4.79 Å². The lowest BCUT2D eigenvalue weighted by molar-refractivity contribution is -0.130. The summed E-state index contributed by atoms with van der Waals surface area (Å²) in [4.78, 5) is 25.7. The van der Waals surface area contributed by atoms with Crippen LogP contribution < -0.4 is 0 Å². The van der Waals surface area contributed by atoms with Gasteiger partial charge >= 0.3 is 12.1 Å². The fraction of sp³-hybridized carbons (Fsp3) is 0.474. The highest BCUT2D eigenvalue weighted by Gasteiger charge is 2.32. The van der Waals surface area contributed by atoms with E-state index in [2.05, 4.69) is 0 Å². The summed E-state index contributed by atoms with van der Waals surface area (Å²) < 4.78 is 5.43. The second-order valence-corrected chi connectivity index (χ2v) is 7.14. The predicted octanol–water partition coefficient (Wildman–Crippen LogP) is 3.86. The third kappa shape index (κ3) is 4.60. The molecule has 0 aromatic heterocycles. The normalized spacial score (nSPS) is 18.6. The smallest absolute Gasteiger partial charge is 0.410 e. The molecule has 5 nitrogen and oxygen atoms in total. The molecular formula is C19H25NO4. The van der Waals surface area contributed by atoms with Crippen molar-refractivity contribution in [2.45, 2.75) is 52.2 Å². The number of likely N-dealkylation sites (tertiary alicyclic amines) is 1. The molecule has 1 unspecified atom stereocenters. The SMILES string of the molecule is Cc1cccc(/C(=C/C2CCCN2C(=O)OC(C)(C)C)C(=O)O)c1. The van der Waals surface area contributed by atoms with Gasteiger partial charge in [0.25, 0.3) is 0 Å². The molecule has 0 spiro atoms. The van der Waals surface area contributed by atoms with Gasteiger partial charge in [0.05, 0.1) is 11.6 Å². The molecule has 1 aromatic rings. The minimum atomic E-state index is -0.989. The van der Waals surface area contributed by atoms with E-state index in [1.165, 1.54) is 0 Å². The van der Waals surface area contributed by atoms with Crippen LogP contribution in [0.25, 0.3) is 5.57 Å². The zero-order chi connectivity index (χ0) is 17.9. The Balaban J connectivity index is 2.28. The van der Waals surface area contributed by atoms with Gasteiger partial charge in [-0.1, -0.05) is 29.8 Å². The fourth-order valence-electron chi connectivity index (χ4n) is 2.81. The monoisotopic (exact) mass is 331 g/mol. The summed E-state index contributed by atoms with van der Waals surface area (Å²) in [6.07, 6.45) is 2.85. The van der Waals surface area contributed by atoms with E-state index in [0.29, 0.717) is 12.1 Å². The van der Waals surface area contributed by atoms with E-state index < -0.39 is 17.7 Å². The minimum Gasteiger partial charge on any atom is -0.478 e. The first-order valence-electron chi connectivity index (χ1n) is 8.19. The van der Waals surface area contributed by atoms with Crippen molar-refractivity contribution < 1.29 is 19.4 Å². The Morgan fingerprint density at radius 2 is 2.04 bits per heavy atom. The van der Waals surface area contributed by atoms with E-state index >= 15 is 0 Å². The maximum atomic E-state index is 12.3. The molecule has 1 fully saturated rings. The molecule has 1 amide bonds. The van der Waals surface area contributed by atoms with Gasteiger partial charge in [0.2, 0.25) is 0 Å². The Morgan fingerprint density at radius 1 is 1.33 bits per heavy atom. The largest absolute Gasteiger partial charge is 0.478 e. The van der Waals surface area contributed by atoms with E-state index in [1.54, 1.807) is 17.0 Å². The Labute approximate surface area is 142 Å². The summed E-state index contributed by atoms with van der Waals surface area (Å²) >= 11 is 0. The number of aliphatic carboxylic acids is 1. The molecule has 0 saturated carbocycles. The van der Waals surface area contributed by atoms with Crippen LogP contribution in [0.15, 0.2) is 30.3 Å². The van der Waals surface area contributed by atoms with Crippen molar-refractivity contribution in [1.82, 2.24) is 4.90 Å². The van der Waals surface area contributed by atoms with Gasteiger partial charge in [0.1, 0.15) is 5.60 Å². The van der Waals surface area contributed by atoms with Gasteiger partial charge in [0, 0.05) is 6.54 Å². The average molecular weight is 331 g/mol. The van der Waals surface area contributed by atoms with Crippen molar-refractivity contribution in [2.24, 2.45) is 0 Å². The van der Waals surface area contributed by atoms with Gasteiger partial charge < -0.3 is 14.7 Å². The molecule has 1 N–H and O–H groups in total. The highest BCUT2D eigenvalue weighted by Crippen LogP contribution is 2.25. The van der Waals surface area contributed by atoms with E-state index in [-0.39, 0.29) is 11.6 Å². The Kier molecular flexibility index (Phi) is 5.32. The maximum Gasteiger partial charge on any atom is 0.410 e. The summed E-state index contributed by atoms with van der Waals surface area (Å²) in [5.74, 6) is -0.989. The number of carboxylic acid groups (broad SMARTS) is 1. The zero-order valence-corrected chi connectivity index (χ0v) is 14.7. The topological polar surface area (TPSA) is 66.8 Å². The first-order chi connectivity index (χ1) is 11.2. The summed E-state index contributed by atoms with van der Waals surface area (Å²) in [6, 6.07) is 7.12. The van der Waals surface area contributed by atoms with Crippen LogP contribution in [0.5, 0.6) is 0 Å². The fourth-order valence-corrected chi connectivity index (χ4v) is 2.81. The second-order valence-electron chi connectivity index (χ2n) is 7.14. The van der Waals surface area contributed by atoms with Crippen molar-refractivity contribution in [3.63, 3.8) is 0 Å². The summed E-state index contributed by atoms with van der Waals surface area (Å²) in [5, 5.41) is 9.59. The van der Waals surface area contributed by atoms with Crippen molar-refractivity contribution in [1.29, 1.82) is 0 Å². The molecule has 1 aromatic carbocycles. The first kappa shape index (κ1) is 18.0. The number of benzene rings is 1. The Bertz CT molecular complexity index is 658. The quantitative estimate of drug-likeness (QED) is 0.854. The van der Waals surface area contributed by atoms with Crippen LogP contribution in [0.2, 0.25) is 0 Å². The minimum absolute atomic E-state index is 0.221. The molecule has 130 valence electrons. The average Bonchev–Trinajstić information content (AvgIpc) is 2.90. The molecule has 0 radical (unpaired) electrons. The van der Waals surface area contributed by atoms with Crippen LogP contribution in [0.3, 0.4) is 0 Å². The van der Waals surface area contributed by atoms with E-state index in [4.69, 9.17) is 4.74 Å². The Morgan fingerprint density at radius 3 is 2.62 bits per heavy atom. The molecule has 1 aliphatic heterocycles. The molecule has 1 heterocycles. The molecule has 24 heavy (non-hydrogen) atoms. The van der Waals surface area contributed by atoms with Crippen LogP contribution in [0, 0.1) is 6.92 Å². The van der Waals surface area contributed by atoms with Gasteiger partial charge in [-0.25, -0.2) is 9.59 Å². The molecule has 0 aliphatic carbocycles. The summed E-state index contributed by atoms with van der Waals surface area (Å²) in [5.41, 5.74) is 1.30. The second kappa shape index (κ2) is 7.07. The lowest BCUT2D eigenvalue weighted by Gasteiger charge is -2.27. The number of amides is 1. The number of carbonyl (C=O) groups is 2. The number of rotatable bonds is 3.